The van der Waals surface area contributed by atoms with Gasteiger partial charge in [0.1, 0.15) is 0 Å². The van der Waals surface area contributed by atoms with E-state index >= 15 is 0 Å². The summed E-state index contributed by atoms with van der Waals surface area (Å²) < 4.78 is 0. The molecule has 0 heterocycles. The molecule has 1 aromatic carbocycles. The zero-order valence-corrected chi connectivity index (χ0v) is 11.9. The number of hydrogen-bond acceptors (Lipinski definition) is 1. The molecule has 0 radical (unpaired) electrons. The van der Waals surface area contributed by atoms with Gasteiger partial charge in [-0.1, -0.05) is 32.9 Å². The summed E-state index contributed by atoms with van der Waals surface area (Å²) in [5.74, 6) is 0.0975. The average Bonchev–Trinajstić information content (AvgIpc) is 2.39. The number of nitrogens with zero attached hydrogens (tertiary/aromatic N) is 1. The normalized spacial score (nSPS) is 9.59. The second kappa shape index (κ2) is 7.88. The molecule has 0 bridgehead atoms. The van der Waals surface area contributed by atoms with Gasteiger partial charge in [-0.2, -0.15) is 0 Å². The van der Waals surface area contributed by atoms with E-state index in [-0.39, 0.29) is 11.9 Å². The smallest absolute Gasteiger partial charge is 0.253 e. The molecule has 0 unspecified atom stereocenters. The first-order chi connectivity index (χ1) is 8.06. The molecule has 0 aliphatic carbocycles. The van der Waals surface area contributed by atoms with Crippen LogP contribution in [-0.4, -0.2) is 23.9 Å². The van der Waals surface area contributed by atoms with Crippen molar-refractivity contribution >= 4 is 5.91 Å². The van der Waals surface area contributed by atoms with Crippen molar-refractivity contribution in [3.05, 3.63) is 35.4 Å². The van der Waals surface area contributed by atoms with Gasteiger partial charge in [0.15, 0.2) is 0 Å². The highest BCUT2D eigenvalue weighted by molar-refractivity contribution is 5.94. The van der Waals surface area contributed by atoms with Gasteiger partial charge in [-0.15, -0.1) is 0 Å². The van der Waals surface area contributed by atoms with Crippen LogP contribution in [0.1, 0.15) is 50.5 Å². The average molecular weight is 235 g/mol. The summed E-state index contributed by atoms with van der Waals surface area (Å²) in [6.45, 7) is 10.1. The Bertz CT molecular complexity index is 345. The van der Waals surface area contributed by atoms with Gasteiger partial charge in [-0.3, -0.25) is 4.79 Å². The van der Waals surface area contributed by atoms with Gasteiger partial charge in [-0.25, -0.2) is 0 Å². The number of hydrogen-bond donors (Lipinski definition) is 0. The minimum Gasteiger partial charge on any atom is -0.339 e. The molecule has 96 valence electrons. The highest BCUT2D eigenvalue weighted by Crippen LogP contribution is 2.09. The second-order valence-corrected chi connectivity index (χ2v) is 4.06. The highest BCUT2D eigenvalue weighted by Gasteiger charge is 2.13. The quantitative estimate of drug-likeness (QED) is 0.781. The Labute approximate surface area is 106 Å². The van der Waals surface area contributed by atoms with Crippen LogP contribution in [0.5, 0.6) is 0 Å². The molecule has 2 nitrogen and oxygen atoms in total. The van der Waals surface area contributed by atoms with Crippen molar-refractivity contribution < 1.29 is 4.79 Å². The molecular weight excluding hydrogens is 210 g/mol. The Hall–Kier alpha value is -1.31. The first kappa shape index (κ1) is 15.7. The molecule has 0 saturated carbocycles. The summed E-state index contributed by atoms with van der Waals surface area (Å²) in [7, 11) is 1.84. The third-order valence-corrected chi connectivity index (χ3v) is 2.68. The molecule has 1 amide bonds. The van der Waals surface area contributed by atoms with Crippen molar-refractivity contribution in [2.75, 3.05) is 7.05 Å². The van der Waals surface area contributed by atoms with Gasteiger partial charge in [0.25, 0.3) is 5.91 Å². The van der Waals surface area contributed by atoms with Gasteiger partial charge in [0, 0.05) is 18.7 Å². The number of benzene rings is 1. The fourth-order valence-electron chi connectivity index (χ4n) is 1.36. The van der Waals surface area contributed by atoms with Crippen LogP contribution in [0.4, 0.5) is 0 Å². The van der Waals surface area contributed by atoms with Crippen molar-refractivity contribution in [3.63, 3.8) is 0 Å². The summed E-state index contributed by atoms with van der Waals surface area (Å²) in [6.07, 6.45) is 0.965. The molecule has 2 heteroatoms. The highest BCUT2D eigenvalue weighted by atomic mass is 16.2. The van der Waals surface area contributed by atoms with Crippen LogP contribution in [0.3, 0.4) is 0 Å². The Morgan fingerprint density at radius 1 is 1.29 bits per heavy atom. The molecule has 0 aliphatic heterocycles. The number of carbonyl (C=O) groups excluding carboxylic acids is 1. The topological polar surface area (TPSA) is 20.3 Å². The molecule has 1 aromatic rings. The van der Waals surface area contributed by atoms with Crippen LogP contribution in [-0.2, 0) is 6.42 Å². The Morgan fingerprint density at radius 2 is 1.88 bits per heavy atom. The maximum Gasteiger partial charge on any atom is 0.253 e. The summed E-state index contributed by atoms with van der Waals surface area (Å²) in [4.78, 5) is 13.7. The maximum atomic E-state index is 12.0. The lowest BCUT2D eigenvalue weighted by Crippen LogP contribution is -2.32. The van der Waals surface area contributed by atoms with E-state index in [9.17, 15) is 4.79 Å². The Balaban J connectivity index is 0.00000121. The lowest BCUT2D eigenvalue weighted by atomic mass is 10.1. The predicted molar refractivity (Wildman–Crippen MR) is 74.4 cm³/mol. The molecule has 1 rings (SSSR count). The SMILES string of the molecule is CC.CCc1cccc(C(=O)N(C)C(C)C)c1. The van der Waals surface area contributed by atoms with Gasteiger partial charge in [0.05, 0.1) is 0 Å². The lowest BCUT2D eigenvalue weighted by molar-refractivity contribution is 0.0755. The molecular formula is C15H25NO. The third-order valence-electron chi connectivity index (χ3n) is 2.68. The molecule has 17 heavy (non-hydrogen) atoms. The van der Waals surface area contributed by atoms with Gasteiger partial charge < -0.3 is 4.90 Å². The van der Waals surface area contributed by atoms with Crippen LogP contribution >= 0.6 is 0 Å². The third kappa shape index (κ3) is 4.59. The summed E-state index contributed by atoms with van der Waals surface area (Å²) >= 11 is 0. The maximum absolute atomic E-state index is 12.0. The molecule has 0 aromatic heterocycles. The fraction of sp³-hybridized carbons (Fsp3) is 0.533. The molecule has 0 fully saturated rings. The minimum absolute atomic E-state index is 0.0975. The van der Waals surface area contributed by atoms with Gasteiger partial charge >= 0.3 is 0 Å². The summed E-state index contributed by atoms with van der Waals surface area (Å²) in [5.41, 5.74) is 1.99. The molecule has 0 saturated heterocycles. The number of aryl methyl sites for hydroxylation is 1. The second-order valence-electron chi connectivity index (χ2n) is 4.06. The first-order valence-electron chi connectivity index (χ1n) is 6.42. The molecule has 0 spiro atoms. The first-order valence-corrected chi connectivity index (χ1v) is 6.42. The van der Waals surface area contributed by atoms with Crippen molar-refractivity contribution in [1.29, 1.82) is 0 Å². The lowest BCUT2D eigenvalue weighted by Gasteiger charge is -2.21. The fourth-order valence-corrected chi connectivity index (χ4v) is 1.36. The van der Waals surface area contributed by atoms with E-state index in [0.29, 0.717) is 0 Å². The molecule has 0 aliphatic rings. The van der Waals surface area contributed by atoms with E-state index in [2.05, 4.69) is 6.92 Å². The van der Waals surface area contributed by atoms with E-state index < -0.39 is 0 Å². The number of rotatable bonds is 3. The number of amides is 1. The zero-order valence-electron chi connectivity index (χ0n) is 11.9. The standard InChI is InChI=1S/C13H19NO.C2H6/c1-5-11-7-6-8-12(9-11)13(15)14(4)10(2)3;1-2/h6-10H,5H2,1-4H3;1-2H3. The van der Waals surface area contributed by atoms with E-state index in [1.807, 2.05) is 59.0 Å². The monoisotopic (exact) mass is 235 g/mol. The van der Waals surface area contributed by atoms with Crippen molar-refractivity contribution in [3.8, 4) is 0 Å². The van der Waals surface area contributed by atoms with E-state index in [0.717, 1.165) is 12.0 Å². The molecule has 0 atom stereocenters. The predicted octanol–water partition coefficient (Wildman–Crippen LogP) is 3.76. The van der Waals surface area contributed by atoms with E-state index in [1.54, 1.807) is 4.90 Å². The van der Waals surface area contributed by atoms with Crippen LogP contribution < -0.4 is 0 Å². The van der Waals surface area contributed by atoms with Crippen LogP contribution in [0.2, 0.25) is 0 Å². The Kier molecular flexibility index (Phi) is 7.27. The number of carbonyl (C=O) groups is 1. The van der Waals surface area contributed by atoms with Crippen molar-refractivity contribution in [1.82, 2.24) is 4.90 Å². The summed E-state index contributed by atoms with van der Waals surface area (Å²) in [6, 6.07) is 8.08. The van der Waals surface area contributed by atoms with Crippen molar-refractivity contribution in [2.45, 2.75) is 47.1 Å². The molecule has 0 N–H and O–H groups in total. The minimum atomic E-state index is 0.0975. The largest absolute Gasteiger partial charge is 0.339 e. The van der Waals surface area contributed by atoms with E-state index in [4.69, 9.17) is 0 Å². The van der Waals surface area contributed by atoms with Gasteiger partial charge in [-0.05, 0) is 38.0 Å². The van der Waals surface area contributed by atoms with Gasteiger partial charge in [0.2, 0.25) is 0 Å². The van der Waals surface area contributed by atoms with Crippen LogP contribution in [0.25, 0.3) is 0 Å². The van der Waals surface area contributed by atoms with Crippen molar-refractivity contribution in [2.24, 2.45) is 0 Å². The van der Waals surface area contributed by atoms with Crippen LogP contribution in [0.15, 0.2) is 24.3 Å². The zero-order chi connectivity index (χ0) is 13.4. The van der Waals surface area contributed by atoms with E-state index in [1.165, 1.54) is 5.56 Å². The van der Waals surface area contributed by atoms with Crippen LogP contribution in [0, 0.1) is 0 Å². The summed E-state index contributed by atoms with van der Waals surface area (Å²) in [5, 5.41) is 0. The Morgan fingerprint density at radius 3 is 2.35 bits per heavy atom.